The molecule has 1 aromatic carbocycles. The van der Waals surface area contributed by atoms with Gasteiger partial charge in [-0.15, -0.1) is 6.58 Å². The molecule has 24 heavy (non-hydrogen) atoms. The number of rotatable bonds is 13. The van der Waals surface area contributed by atoms with Gasteiger partial charge in [-0.3, -0.25) is 0 Å². The smallest absolute Gasteiger partial charge is 0.118 e. The Morgan fingerprint density at radius 2 is 1.50 bits per heavy atom. The highest BCUT2D eigenvalue weighted by Crippen LogP contribution is 2.22. The van der Waals surface area contributed by atoms with Crippen LogP contribution in [0.5, 0.6) is 0 Å². The summed E-state index contributed by atoms with van der Waals surface area (Å²) < 4.78 is 18.1. The van der Waals surface area contributed by atoms with Gasteiger partial charge in [0, 0.05) is 13.2 Å². The van der Waals surface area contributed by atoms with E-state index in [1.54, 1.807) is 0 Å². The molecule has 0 unspecified atom stereocenters. The van der Waals surface area contributed by atoms with Gasteiger partial charge >= 0.3 is 0 Å². The first kappa shape index (κ1) is 20.9. The molecule has 0 radical (unpaired) electrons. The monoisotopic (exact) mass is 334 g/mol. The molecule has 0 N–H and O–H groups in total. The molecule has 0 saturated carbocycles. The standard InChI is InChI=1S/C21H34O3/c1-6-12-21(16-22-13-18(2)3,17-23-14-19(4)5)24-15-20-10-8-7-9-11-20/h6-11,18-19H,1,12-17H2,2-5H3. The molecule has 0 heterocycles. The summed E-state index contributed by atoms with van der Waals surface area (Å²) in [6.07, 6.45) is 2.60. The molecule has 3 nitrogen and oxygen atoms in total. The van der Waals surface area contributed by atoms with Gasteiger partial charge < -0.3 is 14.2 Å². The maximum Gasteiger partial charge on any atom is 0.118 e. The van der Waals surface area contributed by atoms with Crippen molar-refractivity contribution in [1.82, 2.24) is 0 Å². The van der Waals surface area contributed by atoms with Crippen molar-refractivity contribution in [1.29, 1.82) is 0 Å². The lowest BCUT2D eigenvalue weighted by Gasteiger charge is -2.33. The van der Waals surface area contributed by atoms with E-state index in [2.05, 4.69) is 46.4 Å². The van der Waals surface area contributed by atoms with Crippen LogP contribution in [0.4, 0.5) is 0 Å². The van der Waals surface area contributed by atoms with Gasteiger partial charge in [0.1, 0.15) is 5.60 Å². The van der Waals surface area contributed by atoms with Crippen LogP contribution in [0.2, 0.25) is 0 Å². The highest BCUT2D eigenvalue weighted by atomic mass is 16.6. The highest BCUT2D eigenvalue weighted by Gasteiger charge is 2.31. The lowest BCUT2D eigenvalue weighted by atomic mass is 10.0. The molecule has 0 aliphatic carbocycles. The Kier molecular flexibility index (Phi) is 9.92. The molecule has 0 spiro atoms. The summed E-state index contributed by atoms with van der Waals surface area (Å²) in [5.41, 5.74) is 0.667. The van der Waals surface area contributed by atoms with Crippen molar-refractivity contribution in [3.8, 4) is 0 Å². The summed E-state index contributed by atoms with van der Waals surface area (Å²) in [6.45, 7) is 15.5. The van der Waals surface area contributed by atoms with E-state index in [0.717, 1.165) is 18.8 Å². The molecule has 1 rings (SSSR count). The van der Waals surface area contributed by atoms with Crippen molar-refractivity contribution in [2.75, 3.05) is 26.4 Å². The Morgan fingerprint density at radius 1 is 0.958 bits per heavy atom. The second kappa shape index (κ2) is 11.4. The third-order valence-electron chi connectivity index (χ3n) is 3.54. The Labute approximate surface area is 148 Å². The molecule has 0 saturated heterocycles. The van der Waals surface area contributed by atoms with Crippen LogP contribution in [0.1, 0.15) is 39.7 Å². The molecule has 0 fully saturated rings. The third kappa shape index (κ3) is 8.62. The molecule has 0 aliphatic rings. The van der Waals surface area contributed by atoms with Crippen LogP contribution in [-0.4, -0.2) is 32.0 Å². The minimum Gasteiger partial charge on any atom is -0.378 e. The van der Waals surface area contributed by atoms with Gasteiger partial charge in [-0.25, -0.2) is 0 Å². The minimum atomic E-state index is -0.485. The van der Waals surface area contributed by atoms with Crippen molar-refractivity contribution in [3.05, 3.63) is 48.6 Å². The highest BCUT2D eigenvalue weighted by molar-refractivity contribution is 5.13. The van der Waals surface area contributed by atoms with E-state index in [9.17, 15) is 0 Å². The van der Waals surface area contributed by atoms with Crippen molar-refractivity contribution in [2.45, 2.75) is 46.3 Å². The topological polar surface area (TPSA) is 27.7 Å². The SMILES string of the molecule is C=CCC(COCC(C)C)(COCC(C)C)OCc1ccccc1. The number of benzene rings is 1. The zero-order valence-electron chi connectivity index (χ0n) is 15.8. The summed E-state index contributed by atoms with van der Waals surface area (Å²) in [6, 6.07) is 10.2. The van der Waals surface area contributed by atoms with Crippen molar-refractivity contribution in [3.63, 3.8) is 0 Å². The van der Waals surface area contributed by atoms with E-state index in [1.807, 2.05) is 24.3 Å². The summed E-state index contributed by atoms with van der Waals surface area (Å²) in [7, 11) is 0. The van der Waals surface area contributed by atoms with Crippen LogP contribution in [0.3, 0.4) is 0 Å². The Hall–Kier alpha value is -1.16. The summed E-state index contributed by atoms with van der Waals surface area (Å²) in [5.74, 6) is 0.995. The molecule has 0 bridgehead atoms. The Morgan fingerprint density at radius 3 is 1.96 bits per heavy atom. The molecule has 136 valence electrons. The van der Waals surface area contributed by atoms with Crippen molar-refractivity contribution in [2.24, 2.45) is 11.8 Å². The fraction of sp³-hybridized carbons (Fsp3) is 0.619. The fourth-order valence-electron chi connectivity index (χ4n) is 2.34. The van der Waals surface area contributed by atoms with Gasteiger partial charge in [0.05, 0.1) is 19.8 Å². The van der Waals surface area contributed by atoms with Gasteiger partial charge in [-0.2, -0.15) is 0 Å². The summed E-state index contributed by atoms with van der Waals surface area (Å²) in [4.78, 5) is 0. The van der Waals surface area contributed by atoms with Crippen LogP contribution in [0.15, 0.2) is 43.0 Å². The molecular formula is C21H34O3. The summed E-state index contributed by atoms with van der Waals surface area (Å²) >= 11 is 0. The van der Waals surface area contributed by atoms with Crippen molar-refractivity contribution >= 4 is 0 Å². The average molecular weight is 334 g/mol. The lowest BCUT2D eigenvalue weighted by Crippen LogP contribution is -2.43. The van der Waals surface area contributed by atoms with Crippen LogP contribution in [0, 0.1) is 11.8 Å². The lowest BCUT2D eigenvalue weighted by molar-refractivity contribution is -0.145. The van der Waals surface area contributed by atoms with Gasteiger partial charge in [0.15, 0.2) is 0 Å². The average Bonchev–Trinajstić information content (AvgIpc) is 2.53. The molecule has 0 aliphatic heterocycles. The molecular weight excluding hydrogens is 300 g/mol. The van der Waals surface area contributed by atoms with Crippen LogP contribution >= 0.6 is 0 Å². The quantitative estimate of drug-likeness (QED) is 0.482. The van der Waals surface area contributed by atoms with Gasteiger partial charge in [-0.1, -0.05) is 64.1 Å². The predicted octanol–water partition coefficient (Wildman–Crippen LogP) is 4.86. The van der Waals surface area contributed by atoms with E-state index in [1.165, 1.54) is 0 Å². The molecule has 3 heteroatoms. The molecule has 1 aromatic rings. The van der Waals surface area contributed by atoms with Crippen LogP contribution in [0.25, 0.3) is 0 Å². The van der Waals surface area contributed by atoms with E-state index >= 15 is 0 Å². The first-order chi connectivity index (χ1) is 11.5. The zero-order chi connectivity index (χ0) is 17.8. The van der Waals surface area contributed by atoms with Gasteiger partial charge in [0.25, 0.3) is 0 Å². The largest absolute Gasteiger partial charge is 0.378 e. The van der Waals surface area contributed by atoms with E-state index in [-0.39, 0.29) is 0 Å². The van der Waals surface area contributed by atoms with Crippen LogP contribution < -0.4 is 0 Å². The number of hydrogen-bond acceptors (Lipinski definition) is 3. The second-order valence-corrected chi connectivity index (χ2v) is 7.27. The Bertz CT molecular complexity index is 426. The molecule has 0 aromatic heterocycles. The second-order valence-electron chi connectivity index (χ2n) is 7.27. The normalized spacial score (nSPS) is 12.1. The summed E-state index contributed by atoms with van der Waals surface area (Å²) in [5, 5.41) is 0. The molecule has 0 amide bonds. The minimum absolute atomic E-state index is 0.485. The third-order valence-corrected chi connectivity index (χ3v) is 3.54. The van der Waals surface area contributed by atoms with Gasteiger partial charge in [-0.05, 0) is 23.8 Å². The maximum atomic E-state index is 6.30. The van der Waals surface area contributed by atoms with Crippen LogP contribution in [-0.2, 0) is 20.8 Å². The first-order valence-corrected chi connectivity index (χ1v) is 8.91. The van der Waals surface area contributed by atoms with E-state index < -0.39 is 5.60 Å². The first-order valence-electron chi connectivity index (χ1n) is 8.91. The zero-order valence-corrected chi connectivity index (χ0v) is 15.8. The fourth-order valence-corrected chi connectivity index (χ4v) is 2.34. The number of hydrogen-bond donors (Lipinski definition) is 0. The number of ether oxygens (including phenoxy) is 3. The molecule has 0 atom stereocenters. The maximum absolute atomic E-state index is 6.30. The predicted molar refractivity (Wildman–Crippen MR) is 100 cm³/mol. The van der Waals surface area contributed by atoms with Crippen molar-refractivity contribution < 1.29 is 14.2 Å². The Balaban J connectivity index is 2.72. The van der Waals surface area contributed by atoms with E-state index in [4.69, 9.17) is 14.2 Å². The van der Waals surface area contributed by atoms with E-state index in [0.29, 0.717) is 38.1 Å². The van der Waals surface area contributed by atoms with Gasteiger partial charge in [0.2, 0.25) is 0 Å².